The van der Waals surface area contributed by atoms with Crippen molar-refractivity contribution in [3.05, 3.63) is 37.5 Å². The first-order chi connectivity index (χ1) is 7.37. The number of carbonyl (C=O) groups is 2. The van der Waals surface area contributed by atoms with E-state index in [-0.39, 0.29) is 5.57 Å². The van der Waals surface area contributed by atoms with Crippen molar-refractivity contribution in [1.29, 1.82) is 5.26 Å². The molecule has 0 radical (unpaired) electrons. The minimum atomic E-state index is -0.935. The third kappa shape index (κ3) is 29.9. The Morgan fingerprint density at radius 2 is 1.75 bits per heavy atom. The molecule has 0 aromatic heterocycles. The Labute approximate surface area is 95.0 Å². The molecular weight excluding hydrogens is 210 g/mol. The number of hydrogen-bond acceptors (Lipinski definition) is 4. The topological polar surface area (TPSA) is 87.4 Å². The fraction of sp³-hybridized carbons (Fsp3) is 0.182. The van der Waals surface area contributed by atoms with E-state index >= 15 is 0 Å². The Morgan fingerprint density at radius 3 is 1.75 bits per heavy atom. The van der Waals surface area contributed by atoms with Crippen LogP contribution >= 0.6 is 0 Å². The van der Waals surface area contributed by atoms with Crippen LogP contribution in [0.25, 0.3) is 0 Å². The van der Waals surface area contributed by atoms with Gasteiger partial charge < -0.3 is 9.84 Å². The number of nitrogens with zero attached hydrogens (tertiary/aromatic N) is 1. The number of allylic oxidation sites excluding steroid dienone is 1. The van der Waals surface area contributed by atoms with Crippen LogP contribution in [0.5, 0.6) is 0 Å². The monoisotopic (exact) mass is 225 g/mol. The van der Waals surface area contributed by atoms with Gasteiger partial charge in [0.2, 0.25) is 0 Å². The van der Waals surface area contributed by atoms with Crippen molar-refractivity contribution in [1.82, 2.24) is 0 Å². The summed E-state index contributed by atoms with van der Waals surface area (Å²) < 4.78 is 4.14. The largest absolute Gasteiger partial charge is 0.478 e. The Bertz CT molecular complexity index is 285. The van der Waals surface area contributed by atoms with Crippen LogP contribution < -0.4 is 0 Å². The molecule has 0 spiro atoms. The zero-order valence-corrected chi connectivity index (χ0v) is 9.40. The van der Waals surface area contributed by atoms with Gasteiger partial charge in [0.05, 0.1) is 13.2 Å². The number of carboxylic acid groups (broad SMARTS) is 1. The molecule has 0 aromatic rings. The van der Waals surface area contributed by atoms with Crippen LogP contribution in [0.3, 0.4) is 0 Å². The zero-order valence-electron chi connectivity index (χ0n) is 9.40. The van der Waals surface area contributed by atoms with E-state index in [4.69, 9.17) is 10.4 Å². The molecule has 0 saturated heterocycles. The van der Waals surface area contributed by atoms with Crippen molar-refractivity contribution in [2.75, 3.05) is 7.11 Å². The van der Waals surface area contributed by atoms with E-state index in [0.717, 1.165) is 6.08 Å². The maximum atomic E-state index is 9.84. The van der Waals surface area contributed by atoms with Crippen LogP contribution in [-0.2, 0) is 14.3 Å². The first-order valence-corrected chi connectivity index (χ1v) is 3.97. The molecule has 16 heavy (non-hydrogen) atoms. The molecule has 5 nitrogen and oxygen atoms in total. The molecular formula is C11H15NO4. The van der Waals surface area contributed by atoms with E-state index in [1.54, 1.807) is 6.07 Å². The van der Waals surface area contributed by atoms with Gasteiger partial charge in [-0.25, -0.2) is 9.59 Å². The molecule has 0 atom stereocenters. The van der Waals surface area contributed by atoms with E-state index in [9.17, 15) is 9.59 Å². The second-order valence-electron chi connectivity index (χ2n) is 2.15. The lowest BCUT2D eigenvalue weighted by Gasteiger charge is -1.83. The van der Waals surface area contributed by atoms with Gasteiger partial charge in [-0.1, -0.05) is 19.7 Å². The number of carboxylic acids is 1. The molecule has 0 aliphatic carbocycles. The van der Waals surface area contributed by atoms with Crippen LogP contribution in [-0.4, -0.2) is 24.2 Å². The van der Waals surface area contributed by atoms with Gasteiger partial charge in [-0.3, -0.25) is 0 Å². The summed E-state index contributed by atoms with van der Waals surface area (Å²) in [5.41, 5.74) is 0.176. The van der Waals surface area contributed by atoms with Gasteiger partial charge in [0.25, 0.3) is 0 Å². The van der Waals surface area contributed by atoms with Crippen molar-refractivity contribution >= 4 is 11.9 Å². The van der Waals surface area contributed by atoms with Gasteiger partial charge in [-0.05, 0) is 6.92 Å². The zero-order chi connectivity index (χ0) is 13.6. The van der Waals surface area contributed by atoms with Crippen molar-refractivity contribution < 1.29 is 19.4 Å². The number of methoxy groups -OCH3 is 1. The highest BCUT2D eigenvalue weighted by Crippen LogP contribution is 1.81. The maximum Gasteiger partial charge on any atom is 0.330 e. The molecule has 0 aliphatic rings. The fourth-order valence-electron chi connectivity index (χ4n) is 0.0833. The Balaban J connectivity index is -0.000000162. The number of esters is 1. The first kappa shape index (κ1) is 19.3. The summed E-state index contributed by atoms with van der Waals surface area (Å²) in [4.78, 5) is 19.4. The summed E-state index contributed by atoms with van der Waals surface area (Å²) >= 11 is 0. The number of rotatable bonds is 2. The SMILES string of the molecule is C=C(C)C(=O)O.C=CC#N.C=CC(=O)OC. The van der Waals surface area contributed by atoms with Gasteiger partial charge in [-0.2, -0.15) is 5.26 Å². The standard InChI is InChI=1S/2C4H6O2.C3H3N/c1-3-4(5)6-2;1-3(2)4(5)6;1-2-3-4/h3H,1H2,2H3;1H2,2H3,(H,5,6);2H,1H2. The van der Waals surface area contributed by atoms with Gasteiger partial charge in [0.15, 0.2) is 0 Å². The molecule has 0 unspecified atom stereocenters. The average molecular weight is 225 g/mol. The molecule has 0 fully saturated rings. The fourth-order valence-corrected chi connectivity index (χ4v) is 0.0833. The molecule has 5 heteroatoms. The van der Waals surface area contributed by atoms with E-state index < -0.39 is 11.9 Å². The highest BCUT2D eigenvalue weighted by atomic mass is 16.5. The van der Waals surface area contributed by atoms with Gasteiger partial charge in [0, 0.05) is 17.7 Å². The second kappa shape index (κ2) is 15.1. The van der Waals surface area contributed by atoms with E-state index in [0.29, 0.717) is 0 Å². The second-order valence-corrected chi connectivity index (χ2v) is 2.15. The van der Waals surface area contributed by atoms with Crippen LogP contribution in [0.2, 0.25) is 0 Å². The Morgan fingerprint density at radius 1 is 1.44 bits per heavy atom. The lowest BCUT2D eigenvalue weighted by Crippen LogP contribution is -1.92. The number of nitriles is 1. The minimum absolute atomic E-state index is 0.176. The summed E-state index contributed by atoms with van der Waals surface area (Å²) in [7, 11) is 1.31. The Hall–Kier alpha value is -2.35. The molecule has 0 aromatic carbocycles. The maximum absolute atomic E-state index is 9.84. The summed E-state index contributed by atoms with van der Waals surface area (Å²) in [6, 6.07) is 1.69. The van der Waals surface area contributed by atoms with Crippen molar-refractivity contribution in [3.63, 3.8) is 0 Å². The number of carbonyl (C=O) groups excluding carboxylic acids is 1. The van der Waals surface area contributed by atoms with Crippen molar-refractivity contribution in [3.8, 4) is 6.07 Å². The van der Waals surface area contributed by atoms with Gasteiger partial charge in [-0.15, -0.1) is 0 Å². The van der Waals surface area contributed by atoms with Crippen molar-refractivity contribution in [2.24, 2.45) is 0 Å². The number of ether oxygens (including phenoxy) is 1. The van der Waals surface area contributed by atoms with Crippen LogP contribution in [0, 0.1) is 11.3 Å². The smallest absolute Gasteiger partial charge is 0.330 e. The number of hydrogen-bond donors (Lipinski definition) is 1. The highest BCUT2D eigenvalue weighted by molar-refractivity contribution is 5.84. The third-order valence-corrected chi connectivity index (χ3v) is 0.824. The average Bonchev–Trinajstić information content (AvgIpc) is 2.28. The van der Waals surface area contributed by atoms with Crippen LogP contribution in [0.1, 0.15) is 6.92 Å². The molecule has 0 amide bonds. The summed E-state index contributed by atoms with van der Waals surface area (Å²) in [6.45, 7) is 10.9. The predicted octanol–water partition coefficient (Wildman–Crippen LogP) is 1.69. The predicted molar refractivity (Wildman–Crippen MR) is 60.5 cm³/mol. The summed E-state index contributed by atoms with van der Waals surface area (Å²) in [6.07, 6.45) is 2.29. The molecule has 0 saturated carbocycles. The molecule has 88 valence electrons. The lowest BCUT2D eigenvalue weighted by molar-refractivity contribution is -0.135. The minimum Gasteiger partial charge on any atom is -0.478 e. The van der Waals surface area contributed by atoms with E-state index in [1.807, 2.05) is 0 Å². The third-order valence-electron chi connectivity index (χ3n) is 0.824. The molecule has 0 aliphatic heterocycles. The normalized spacial score (nSPS) is 6.31. The Kier molecular flexibility index (Phi) is 18.2. The number of aliphatic carboxylic acids is 1. The quantitative estimate of drug-likeness (QED) is 0.439. The lowest BCUT2D eigenvalue weighted by atomic mass is 10.4. The molecule has 1 N–H and O–H groups in total. The highest BCUT2D eigenvalue weighted by Gasteiger charge is 1.90. The van der Waals surface area contributed by atoms with E-state index in [2.05, 4.69) is 24.5 Å². The van der Waals surface area contributed by atoms with Crippen LogP contribution in [0.4, 0.5) is 0 Å². The first-order valence-electron chi connectivity index (χ1n) is 3.97. The van der Waals surface area contributed by atoms with Crippen LogP contribution in [0.15, 0.2) is 37.5 Å². The van der Waals surface area contributed by atoms with Gasteiger partial charge >= 0.3 is 11.9 Å². The molecule has 0 heterocycles. The van der Waals surface area contributed by atoms with Crippen molar-refractivity contribution in [2.45, 2.75) is 6.92 Å². The molecule has 0 bridgehead atoms. The van der Waals surface area contributed by atoms with Gasteiger partial charge in [0.1, 0.15) is 0 Å². The van der Waals surface area contributed by atoms with E-state index in [1.165, 1.54) is 20.1 Å². The summed E-state index contributed by atoms with van der Waals surface area (Å²) in [5, 5.41) is 15.4. The molecule has 0 rings (SSSR count). The summed E-state index contributed by atoms with van der Waals surface area (Å²) in [5.74, 6) is -1.33.